The molecule has 0 aliphatic rings. The van der Waals surface area contributed by atoms with Gasteiger partial charge in [0.25, 0.3) is 0 Å². The predicted molar refractivity (Wildman–Crippen MR) is 84.0 cm³/mol. The molecule has 0 saturated heterocycles. The highest BCUT2D eigenvalue weighted by Crippen LogP contribution is 2.25. The molecule has 3 nitrogen and oxygen atoms in total. The summed E-state index contributed by atoms with van der Waals surface area (Å²) in [6.07, 6.45) is 0. The van der Waals surface area contributed by atoms with E-state index >= 15 is 0 Å². The highest BCUT2D eigenvalue weighted by molar-refractivity contribution is 9.10. The van der Waals surface area contributed by atoms with E-state index in [0.29, 0.717) is 5.02 Å². The van der Waals surface area contributed by atoms with Gasteiger partial charge in [0.05, 0.1) is 7.11 Å². The molecule has 2 aromatic carbocycles. The molecule has 2 rings (SSSR count). The van der Waals surface area contributed by atoms with Crippen LogP contribution in [0.2, 0.25) is 5.02 Å². The van der Waals surface area contributed by atoms with Crippen LogP contribution in [0.3, 0.4) is 0 Å². The van der Waals surface area contributed by atoms with Gasteiger partial charge in [0.15, 0.2) is 6.04 Å². The topological polar surface area (TPSA) is 38.3 Å². The first-order valence-electron chi connectivity index (χ1n) is 5.95. The van der Waals surface area contributed by atoms with Gasteiger partial charge < -0.3 is 10.1 Å². The van der Waals surface area contributed by atoms with Crippen molar-refractivity contribution in [2.75, 3.05) is 12.4 Å². The second-order valence-corrected chi connectivity index (χ2v) is 5.52. The third kappa shape index (κ3) is 3.74. The maximum Gasteiger partial charge on any atom is 0.332 e. The van der Waals surface area contributed by atoms with Gasteiger partial charge in [-0.15, -0.1) is 0 Å². The molecule has 0 radical (unpaired) electrons. The first-order chi connectivity index (χ1) is 9.60. The molecule has 0 aliphatic carbocycles. The Labute approximate surface area is 131 Å². The minimum absolute atomic E-state index is 0.358. The Morgan fingerprint density at radius 1 is 1.25 bits per heavy atom. The Kier molecular flexibility index (Phi) is 5.04. The molecule has 5 heteroatoms. The summed E-state index contributed by atoms with van der Waals surface area (Å²) in [7, 11) is 1.37. The van der Waals surface area contributed by atoms with E-state index in [2.05, 4.69) is 21.2 Å². The second-order valence-electron chi connectivity index (χ2n) is 4.17. The zero-order valence-corrected chi connectivity index (χ0v) is 13.1. The molecule has 0 heterocycles. The van der Waals surface area contributed by atoms with Gasteiger partial charge in [0, 0.05) is 15.2 Å². The van der Waals surface area contributed by atoms with E-state index in [1.54, 1.807) is 12.1 Å². The van der Waals surface area contributed by atoms with Crippen molar-refractivity contribution in [3.63, 3.8) is 0 Å². The second kappa shape index (κ2) is 6.77. The summed E-state index contributed by atoms with van der Waals surface area (Å²) in [6.45, 7) is 0. The van der Waals surface area contributed by atoms with Crippen molar-refractivity contribution in [1.29, 1.82) is 0 Å². The molecule has 0 fully saturated rings. The van der Waals surface area contributed by atoms with E-state index in [1.165, 1.54) is 7.11 Å². The van der Waals surface area contributed by atoms with Crippen LogP contribution in [-0.4, -0.2) is 13.1 Å². The van der Waals surface area contributed by atoms with Gasteiger partial charge in [0.2, 0.25) is 0 Å². The number of ether oxygens (including phenoxy) is 1. The first-order valence-corrected chi connectivity index (χ1v) is 7.12. The molecular formula is C15H13BrClNO2. The number of halogens is 2. The average molecular weight is 355 g/mol. The Hall–Kier alpha value is -1.52. The lowest BCUT2D eigenvalue weighted by Gasteiger charge is -2.18. The van der Waals surface area contributed by atoms with E-state index in [0.717, 1.165) is 15.7 Å². The minimum Gasteiger partial charge on any atom is -0.467 e. The van der Waals surface area contributed by atoms with Gasteiger partial charge in [-0.25, -0.2) is 4.79 Å². The molecule has 0 aromatic heterocycles. The highest BCUT2D eigenvalue weighted by atomic mass is 79.9. The lowest BCUT2D eigenvalue weighted by Crippen LogP contribution is -2.22. The van der Waals surface area contributed by atoms with E-state index in [4.69, 9.17) is 16.3 Å². The largest absolute Gasteiger partial charge is 0.467 e. The van der Waals surface area contributed by atoms with Crippen LogP contribution in [0.4, 0.5) is 5.69 Å². The van der Waals surface area contributed by atoms with Crippen LogP contribution in [0.5, 0.6) is 0 Å². The number of hydrogen-bond donors (Lipinski definition) is 1. The van der Waals surface area contributed by atoms with Crippen LogP contribution in [-0.2, 0) is 9.53 Å². The van der Waals surface area contributed by atoms with Gasteiger partial charge in [-0.2, -0.15) is 0 Å². The number of benzene rings is 2. The number of methoxy groups -OCH3 is 1. The lowest BCUT2D eigenvalue weighted by molar-refractivity contribution is -0.141. The smallest absolute Gasteiger partial charge is 0.332 e. The van der Waals surface area contributed by atoms with Crippen LogP contribution >= 0.6 is 27.5 Å². The zero-order valence-electron chi connectivity index (χ0n) is 10.8. The van der Waals surface area contributed by atoms with Gasteiger partial charge >= 0.3 is 5.97 Å². The van der Waals surface area contributed by atoms with Crippen molar-refractivity contribution in [3.8, 4) is 0 Å². The highest BCUT2D eigenvalue weighted by Gasteiger charge is 2.21. The summed E-state index contributed by atoms with van der Waals surface area (Å²) in [4.78, 5) is 12.0. The fourth-order valence-electron chi connectivity index (χ4n) is 1.83. The quantitative estimate of drug-likeness (QED) is 0.826. The summed E-state index contributed by atoms with van der Waals surface area (Å²) < 4.78 is 5.76. The van der Waals surface area contributed by atoms with E-state index < -0.39 is 6.04 Å². The maximum absolute atomic E-state index is 12.0. The Morgan fingerprint density at radius 3 is 2.65 bits per heavy atom. The molecule has 0 bridgehead atoms. The van der Waals surface area contributed by atoms with E-state index in [9.17, 15) is 4.79 Å². The molecule has 0 amide bonds. The summed E-state index contributed by atoms with van der Waals surface area (Å²) in [5.74, 6) is -0.358. The van der Waals surface area contributed by atoms with Crippen molar-refractivity contribution in [3.05, 3.63) is 63.6 Å². The standard InChI is InChI=1S/C15H13BrClNO2/c1-20-15(19)14(10-4-2-5-11(16)8-10)18-13-7-3-6-12(17)9-13/h2-9,14,18H,1H3. The van der Waals surface area contributed by atoms with Crippen LogP contribution < -0.4 is 5.32 Å². The van der Waals surface area contributed by atoms with Crippen molar-refractivity contribution in [2.45, 2.75) is 6.04 Å². The molecule has 104 valence electrons. The number of hydrogen-bond acceptors (Lipinski definition) is 3. The Bertz CT molecular complexity index is 618. The van der Waals surface area contributed by atoms with E-state index in [-0.39, 0.29) is 5.97 Å². The number of anilines is 1. The molecule has 0 saturated carbocycles. The maximum atomic E-state index is 12.0. The molecule has 1 atom stereocenters. The van der Waals surface area contributed by atoms with Gasteiger partial charge in [-0.3, -0.25) is 0 Å². The molecule has 20 heavy (non-hydrogen) atoms. The number of carbonyl (C=O) groups is 1. The third-order valence-electron chi connectivity index (χ3n) is 2.75. The summed E-state index contributed by atoms with van der Waals surface area (Å²) in [5.41, 5.74) is 1.57. The van der Waals surface area contributed by atoms with Crippen molar-refractivity contribution < 1.29 is 9.53 Å². The van der Waals surface area contributed by atoms with Crippen molar-refractivity contribution in [2.24, 2.45) is 0 Å². The van der Waals surface area contributed by atoms with Crippen LogP contribution in [0.25, 0.3) is 0 Å². The number of nitrogens with one attached hydrogen (secondary N) is 1. The molecule has 1 unspecified atom stereocenters. The zero-order chi connectivity index (χ0) is 14.5. The first kappa shape index (κ1) is 14.9. The average Bonchev–Trinajstić information content (AvgIpc) is 2.44. The Morgan fingerprint density at radius 2 is 2.00 bits per heavy atom. The third-order valence-corrected chi connectivity index (χ3v) is 3.48. The summed E-state index contributed by atoms with van der Waals surface area (Å²) in [5, 5.41) is 3.74. The van der Waals surface area contributed by atoms with Crippen LogP contribution in [0, 0.1) is 0 Å². The lowest BCUT2D eigenvalue weighted by atomic mass is 10.1. The minimum atomic E-state index is -0.587. The molecule has 0 spiro atoms. The van der Waals surface area contributed by atoms with Gasteiger partial charge in [-0.1, -0.05) is 45.7 Å². The van der Waals surface area contributed by atoms with Crippen LogP contribution in [0.15, 0.2) is 53.0 Å². The fourth-order valence-corrected chi connectivity index (χ4v) is 2.43. The SMILES string of the molecule is COC(=O)C(Nc1cccc(Cl)c1)c1cccc(Br)c1. The monoisotopic (exact) mass is 353 g/mol. The van der Waals surface area contributed by atoms with E-state index in [1.807, 2.05) is 36.4 Å². The summed E-state index contributed by atoms with van der Waals surface area (Å²) >= 11 is 9.35. The van der Waals surface area contributed by atoms with Crippen molar-refractivity contribution in [1.82, 2.24) is 0 Å². The molecule has 1 N–H and O–H groups in total. The number of rotatable bonds is 4. The Balaban J connectivity index is 2.31. The number of carbonyl (C=O) groups excluding carboxylic acids is 1. The normalized spacial score (nSPS) is 11.8. The van der Waals surface area contributed by atoms with Crippen LogP contribution in [0.1, 0.15) is 11.6 Å². The molecule has 2 aromatic rings. The molecule has 0 aliphatic heterocycles. The predicted octanol–water partition coefficient (Wildman–Crippen LogP) is 4.43. The van der Waals surface area contributed by atoms with Gasteiger partial charge in [-0.05, 0) is 35.9 Å². The summed E-state index contributed by atoms with van der Waals surface area (Å²) in [6, 6.07) is 14.1. The van der Waals surface area contributed by atoms with Crippen molar-refractivity contribution >= 4 is 39.2 Å². The number of esters is 1. The molecular weight excluding hydrogens is 342 g/mol. The fraction of sp³-hybridized carbons (Fsp3) is 0.133. The van der Waals surface area contributed by atoms with Gasteiger partial charge in [0.1, 0.15) is 0 Å².